The van der Waals surface area contributed by atoms with Gasteiger partial charge in [-0.3, -0.25) is 14.4 Å². The van der Waals surface area contributed by atoms with E-state index >= 15 is 0 Å². The van der Waals surface area contributed by atoms with Crippen LogP contribution in [0.15, 0.2) is 23.8 Å². The maximum absolute atomic E-state index is 10.9. The molecule has 0 radical (unpaired) electrons. The highest BCUT2D eigenvalue weighted by Gasteiger charge is 2.12. The Bertz CT molecular complexity index is 336. The third-order valence-corrected chi connectivity index (χ3v) is 1.70. The van der Waals surface area contributed by atoms with Crippen LogP contribution in [0.3, 0.4) is 0 Å². The van der Waals surface area contributed by atoms with E-state index in [1.54, 1.807) is 6.08 Å². The van der Waals surface area contributed by atoms with Crippen molar-refractivity contribution in [1.29, 1.82) is 0 Å². The molecule has 0 aromatic carbocycles. The van der Waals surface area contributed by atoms with Gasteiger partial charge in [-0.25, -0.2) is 0 Å². The Hall–Kier alpha value is -1.71. The van der Waals surface area contributed by atoms with Crippen molar-refractivity contribution in [3.05, 3.63) is 23.8 Å². The first-order valence-electron chi connectivity index (χ1n) is 4.20. The number of carbonyl (C=O) groups excluding carboxylic acids is 3. The molecule has 0 saturated heterocycles. The molecule has 0 atom stereocenters. The molecule has 1 aliphatic rings. The summed E-state index contributed by atoms with van der Waals surface area (Å²) in [7, 11) is 0. The van der Waals surface area contributed by atoms with Crippen LogP contribution in [0.2, 0.25) is 0 Å². The molecule has 14 heavy (non-hydrogen) atoms. The van der Waals surface area contributed by atoms with Crippen molar-refractivity contribution in [3.63, 3.8) is 0 Å². The highest BCUT2D eigenvalue weighted by molar-refractivity contribution is 6.46. The fourth-order valence-electron chi connectivity index (χ4n) is 1.02. The van der Waals surface area contributed by atoms with Gasteiger partial charge in [0.1, 0.15) is 0 Å². The summed E-state index contributed by atoms with van der Waals surface area (Å²) in [5, 5.41) is 0. The average Bonchev–Trinajstić information content (AvgIpc) is 2.10. The lowest BCUT2D eigenvalue weighted by Gasteiger charge is -2.05. The number of carbonyl (C=O) groups is 3. The first kappa shape index (κ1) is 10.4. The van der Waals surface area contributed by atoms with Crippen molar-refractivity contribution in [2.75, 3.05) is 6.61 Å². The minimum atomic E-state index is -0.523. The second-order valence-corrected chi connectivity index (χ2v) is 2.87. The average molecular weight is 194 g/mol. The molecule has 1 rings (SSSR count). The van der Waals surface area contributed by atoms with E-state index < -0.39 is 11.6 Å². The van der Waals surface area contributed by atoms with Gasteiger partial charge in [-0.15, -0.1) is 0 Å². The van der Waals surface area contributed by atoms with E-state index in [9.17, 15) is 14.4 Å². The molecule has 4 heteroatoms. The van der Waals surface area contributed by atoms with Gasteiger partial charge in [-0.1, -0.05) is 6.08 Å². The second kappa shape index (κ2) is 4.50. The number of rotatable bonds is 3. The van der Waals surface area contributed by atoms with Crippen molar-refractivity contribution in [2.24, 2.45) is 0 Å². The molecule has 0 spiro atoms. The fourth-order valence-corrected chi connectivity index (χ4v) is 1.02. The molecule has 74 valence electrons. The van der Waals surface area contributed by atoms with Crippen molar-refractivity contribution in [3.8, 4) is 0 Å². The van der Waals surface area contributed by atoms with Gasteiger partial charge in [0.25, 0.3) is 0 Å². The molecular formula is C10H10O4. The molecular weight excluding hydrogens is 184 g/mol. The van der Waals surface area contributed by atoms with Crippen LogP contribution < -0.4 is 0 Å². The van der Waals surface area contributed by atoms with Crippen LogP contribution in [-0.2, 0) is 19.1 Å². The molecule has 0 saturated carbocycles. The van der Waals surface area contributed by atoms with E-state index in [0.29, 0.717) is 12.0 Å². The lowest BCUT2D eigenvalue weighted by molar-refractivity contribution is -0.140. The number of ether oxygens (including phenoxy) is 1. The summed E-state index contributed by atoms with van der Waals surface area (Å²) < 4.78 is 4.70. The smallest absolute Gasteiger partial charge is 0.302 e. The van der Waals surface area contributed by atoms with Gasteiger partial charge >= 0.3 is 5.97 Å². The first-order chi connectivity index (χ1) is 6.59. The van der Waals surface area contributed by atoms with E-state index in [4.69, 9.17) is 4.74 Å². The first-order valence-corrected chi connectivity index (χ1v) is 4.20. The maximum Gasteiger partial charge on any atom is 0.302 e. The Morgan fingerprint density at radius 1 is 1.29 bits per heavy atom. The van der Waals surface area contributed by atoms with Crippen LogP contribution in [0.1, 0.15) is 13.3 Å². The van der Waals surface area contributed by atoms with Crippen molar-refractivity contribution in [1.82, 2.24) is 0 Å². The zero-order valence-corrected chi connectivity index (χ0v) is 7.78. The van der Waals surface area contributed by atoms with Gasteiger partial charge in [0, 0.05) is 13.3 Å². The Balaban J connectivity index is 2.43. The molecule has 0 aromatic heterocycles. The van der Waals surface area contributed by atoms with Gasteiger partial charge in [0.2, 0.25) is 11.6 Å². The summed E-state index contributed by atoms with van der Waals surface area (Å²) >= 11 is 0. The molecule has 0 amide bonds. The molecule has 1 aliphatic carbocycles. The summed E-state index contributed by atoms with van der Waals surface area (Å²) in [6.07, 6.45) is 4.51. The number of allylic oxidation sites excluding steroid dienone is 3. The van der Waals surface area contributed by atoms with Crippen molar-refractivity contribution >= 4 is 17.5 Å². The third kappa shape index (κ3) is 2.97. The van der Waals surface area contributed by atoms with E-state index in [2.05, 4.69) is 0 Å². The van der Waals surface area contributed by atoms with E-state index in [-0.39, 0.29) is 12.6 Å². The van der Waals surface area contributed by atoms with Crippen LogP contribution in [0, 0.1) is 0 Å². The number of ketones is 2. The quantitative estimate of drug-likeness (QED) is 0.374. The lowest BCUT2D eigenvalue weighted by atomic mass is 10.0. The minimum Gasteiger partial charge on any atom is -0.466 e. The molecule has 0 fully saturated rings. The molecule has 0 aromatic rings. The topological polar surface area (TPSA) is 60.4 Å². The largest absolute Gasteiger partial charge is 0.466 e. The molecule has 0 aliphatic heterocycles. The van der Waals surface area contributed by atoms with Gasteiger partial charge < -0.3 is 4.74 Å². The number of hydrogen-bond acceptors (Lipinski definition) is 4. The van der Waals surface area contributed by atoms with Crippen LogP contribution in [0.25, 0.3) is 0 Å². The fraction of sp³-hybridized carbons (Fsp3) is 0.300. The summed E-state index contributed by atoms with van der Waals surface area (Å²) in [5.74, 6) is -1.39. The molecule has 4 nitrogen and oxygen atoms in total. The number of hydrogen-bond donors (Lipinski definition) is 0. The number of esters is 1. The molecule has 0 bridgehead atoms. The van der Waals surface area contributed by atoms with Crippen LogP contribution >= 0.6 is 0 Å². The summed E-state index contributed by atoms with van der Waals surface area (Å²) in [5.41, 5.74) is 0.704. The van der Waals surface area contributed by atoms with Gasteiger partial charge in [0.05, 0.1) is 6.61 Å². The lowest BCUT2D eigenvalue weighted by Crippen LogP contribution is -2.12. The molecule has 0 N–H and O–H groups in total. The minimum absolute atomic E-state index is 0.229. The normalized spacial score (nSPS) is 15.4. The third-order valence-electron chi connectivity index (χ3n) is 1.70. The standard InChI is InChI=1S/C10H10O4/c1-7(11)14-5-4-8-2-3-9(12)10(13)6-8/h2-3,6H,4-5H2,1H3. The molecule has 0 unspecified atom stereocenters. The van der Waals surface area contributed by atoms with Gasteiger partial charge in [-0.05, 0) is 17.7 Å². The highest BCUT2D eigenvalue weighted by Crippen LogP contribution is 2.09. The zero-order chi connectivity index (χ0) is 10.6. The van der Waals surface area contributed by atoms with Crippen LogP contribution in [0.5, 0.6) is 0 Å². The van der Waals surface area contributed by atoms with E-state index in [1.165, 1.54) is 19.1 Å². The van der Waals surface area contributed by atoms with E-state index in [1.807, 2.05) is 0 Å². The molecule has 0 heterocycles. The summed E-state index contributed by atoms with van der Waals surface area (Å²) in [6.45, 7) is 1.55. The van der Waals surface area contributed by atoms with Gasteiger partial charge in [0.15, 0.2) is 0 Å². The van der Waals surface area contributed by atoms with Crippen molar-refractivity contribution < 1.29 is 19.1 Å². The Morgan fingerprint density at radius 2 is 2.00 bits per heavy atom. The zero-order valence-electron chi connectivity index (χ0n) is 7.78. The predicted molar refractivity (Wildman–Crippen MR) is 48.5 cm³/mol. The highest BCUT2D eigenvalue weighted by atomic mass is 16.5. The summed E-state index contributed by atoms with van der Waals surface area (Å²) in [4.78, 5) is 32.1. The SMILES string of the molecule is CC(=O)OCCC1=CC(=O)C(=O)C=C1. The Morgan fingerprint density at radius 3 is 2.57 bits per heavy atom. The van der Waals surface area contributed by atoms with Crippen LogP contribution in [-0.4, -0.2) is 24.1 Å². The summed E-state index contributed by atoms with van der Waals surface area (Å²) in [6, 6.07) is 0. The van der Waals surface area contributed by atoms with Crippen LogP contribution in [0.4, 0.5) is 0 Å². The van der Waals surface area contributed by atoms with E-state index in [0.717, 1.165) is 0 Å². The predicted octanol–water partition coefficient (Wildman–Crippen LogP) is 0.574. The second-order valence-electron chi connectivity index (χ2n) is 2.87. The Kier molecular flexibility index (Phi) is 3.34. The monoisotopic (exact) mass is 194 g/mol. The van der Waals surface area contributed by atoms with Gasteiger partial charge in [-0.2, -0.15) is 0 Å². The van der Waals surface area contributed by atoms with Crippen molar-refractivity contribution in [2.45, 2.75) is 13.3 Å². The maximum atomic E-state index is 10.9. The Labute approximate surface area is 81.2 Å².